The number of aromatic hydroxyl groups is 1. The highest BCUT2D eigenvalue weighted by Gasteiger charge is 2.25. The molecule has 0 aliphatic rings. The van der Waals surface area contributed by atoms with Gasteiger partial charge in [-0.25, -0.2) is 4.98 Å². The second-order valence-corrected chi connectivity index (χ2v) is 18.6. The van der Waals surface area contributed by atoms with Crippen molar-refractivity contribution < 1.29 is 14.7 Å². The summed E-state index contributed by atoms with van der Waals surface area (Å²) < 4.78 is 62.2. The van der Waals surface area contributed by atoms with Crippen LogP contribution in [0.2, 0.25) is 0 Å². The number of hydrogen-bond acceptors (Lipinski definition) is 3. The number of pyridine rings is 1. The molecule has 0 saturated carbocycles. The van der Waals surface area contributed by atoms with E-state index in [1.54, 1.807) is 24.4 Å². The number of para-hydroxylation sites is 1. The summed E-state index contributed by atoms with van der Waals surface area (Å²) in [7, 11) is 0. The molecule has 9 aromatic rings. The first-order chi connectivity index (χ1) is 34.5. The van der Waals surface area contributed by atoms with Gasteiger partial charge in [-0.2, -0.15) is 0 Å². The van der Waals surface area contributed by atoms with Crippen molar-refractivity contribution in [3.63, 3.8) is 0 Å². The summed E-state index contributed by atoms with van der Waals surface area (Å²) in [5.41, 5.74) is 14.6. The topological polar surface area (TPSA) is 50.9 Å². The first-order valence-corrected chi connectivity index (χ1v) is 22.9. The second-order valence-electron chi connectivity index (χ2n) is 18.6. The maximum Gasteiger partial charge on any atom is 0.149 e. The Morgan fingerprint density at radius 1 is 0.530 bits per heavy atom. The van der Waals surface area contributed by atoms with E-state index in [0.29, 0.717) is 39.4 Å². The Balaban J connectivity index is 1.33. The first kappa shape index (κ1) is 36.2. The van der Waals surface area contributed by atoms with Crippen LogP contribution in [0.1, 0.15) is 122 Å². The predicted octanol–water partition coefficient (Wildman–Crippen LogP) is 17.2. The molecule has 0 saturated heterocycles. The molecule has 2 aromatic heterocycles. The Morgan fingerprint density at radius 2 is 1.23 bits per heavy atom. The van der Waals surface area contributed by atoms with Gasteiger partial charge in [0.15, 0.2) is 0 Å². The van der Waals surface area contributed by atoms with Crippen LogP contribution in [0.4, 0.5) is 0 Å². The average molecular weight is 871 g/mol. The molecule has 9 rings (SSSR count). The average Bonchev–Trinajstić information content (AvgIpc) is 3.74. The molecule has 1 N–H and O–H groups in total. The lowest BCUT2D eigenvalue weighted by Crippen LogP contribution is -2.04. The van der Waals surface area contributed by atoms with Crippen LogP contribution in [-0.2, 0) is 0 Å². The van der Waals surface area contributed by atoms with Gasteiger partial charge in [-0.1, -0.05) is 158 Å². The molecule has 4 heteroatoms. The van der Waals surface area contributed by atoms with Crippen molar-refractivity contribution >= 4 is 11.0 Å². The number of benzene rings is 7. The first-order valence-electron chi connectivity index (χ1n) is 26.4. The molecular weight excluding hydrogens is 803 g/mol. The third-order valence-electron chi connectivity index (χ3n) is 12.8. The number of aromatic nitrogens is 3. The third-order valence-corrected chi connectivity index (χ3v) is 12.8. The van der Waals surface area contributed by atoms with E-state index in [2.05, 4.69) is 84.0 Å². The van der Waals surface area contributed by atoms with Crippen molar-refractivity contribution in [1.82, 2.24) is 14.5 Å². The van der Waals surface area contributed by atoms with E-state index in [9.17, 15) is 10.6 Å². The monoisotopic (exact) mass is 871 g/mol. The lowest BCUT2D eigenvalue weighted by molar-refractivity contribution is 0.466. The molecule has 0 unspecified atom stereocenters. The molecule has 0 atom stereocenters. The van der Waals surface area contributed by atoms with Gasteiger partial charge < -0.3 is 5.11 Å². The largest absolute Gasteiger partial charge is 0.507 e. The van der Waals surface area contributed by atoms with E-state index in [0.717, 1.165) is 66.8 Å². The summed E-state index contributed by atoms with van der Waals surface area (Å²) in [6.07, 6.45) is 1.76. The predicted molar refractivity (Wildman–Crippen MR) is 279 cm³/mol. The minimum Gasteiger partial charge on any atom is -0.507 e. The van der Waals surface area contributed by atoms with Crippen LogP contribution in [0.3, 0.4) is 0 Å². The maximum atomic E-state index is 12.4. The van der Waals surface area contributed by atoms with Crippen LogP contribution in [-0.4, -0.2) is 19.6 Å². The van der Waals surface area contributed by atoms with Crippen molar-refractivity contribution in [3.8, 4) is 78.6 Å². The highest BCUT2D eigenvalue weighted by atomic mass is 16.3. The molecule has 0 bridgehead atoms. The number of fused-ring (bicyclic) bond motifs is 1. The lowest BCUT2D eigenvalue weighted by Gasteiger charge is -2.22. The summed E-state index contributed by atoms with van der Waals surface area (Å²) in [4.78, 5) is 10.4. The minimum atomic E-state index is -2.59. The molecule has 0 aliphatic heterocycles. The molecule has 4 nitrogen and oxygen atoms in total. The summed E-state index contributed by atoms with van der Waals surface area (Å²) in [6, 6.07) is 48.9. The molecule has 330 valence electrons. The van der Waals surface area contributed by atoms with Crippen LogP contribution in [0.5, 0.6) is 5.75 Å². The zero-order valence-corrected chi connectivity index (χ0v) is 39.0. The quantitative estimate of drug-likeness (QED) is 0.141. The highest BCUT2D eigenvalue weighted by molar-refractivity contribution is 5.98. The summed E-state index contributed by atoms with van der Waals surface area (Å²) >= 11 is 0. The SMILES string of the molecule is [2H]C([2H])([2H])c1ccc(-c2ccnc(-c3cc(-c4ccccc4)cc(-c4cccc5c4nc(-c4cc(C(C)C)cc(C(C)C)c4O)n5-c4ccc(-c5c(C(C)C)cccc5C([2H])(C)C)cc4C([2H])([2H])[2H])c3)c2)cc1. The standard InChI is InChI=1S/C62H61N3O/c1-37(2)47-34-54(40(7)8)61(66)55(35-47)62-64-60-53(20-15-21-58(60)65(62)57-27-26-46(30-42(57)10)59-51(38(3)4)18-14-19-52(59)39(5)6)49-31-48(43-16-12-11-13-17-43)32-50(33-49)56-36-45(28-29-63-56)44-24-22-41(9)23-25-44/h11-40,66H,1-10H3/i9D3,10D3,38D. The molecule has 0 radical (unpaired) electrons. The van der Waals surface area contributed by atoms with Crippen molar-refractivity contribution in [2.45, 2.75) is 92.7 Å². The fraction of sp³-hybridized carbons (Fsp3) is 0.226. The van der Waals surface area contributed by atoms with Gasteiger partial charge in [-0.3, -0.25) is 9.55 Å². The smallest absolute Gasteiger partial charge is 0.149 e. The number of nitrogens with zero attached hydrogens (tertiary/aromatic N) is 3. The van der Waals surface area contributed by atoms with Gasteiger partial charge in [-0.05, 0) is 159 Å². The number of phenols is 1. The summed E-state index contributed by atoms with van der Waals surface area (Å²) in [5.74, 6) is -0.299. The van der Waals surface area contributed by atoms with Crippen molar-refractivity contribution in [2.75, 3.05) is 0 Å². The fourth-order valence-corrected chi connectivity index (χ4v) is 9.22. The molecule has 7 aromatic carbocycles. The van der Waals surface area contributed by atoms with Crippen LogP contribution >= 0.6 is 0 Å². The van der Waals surface area contributed by atoms with Gasteiger partial charge >= 0.3 is 0 Å². The fourth-order valence-electron chi connectivity index (χ4n) is 9.22. The Morgan fingerprint density at radius 3 is 1.94 bits per heavy atom. The van der Waals surface area contributed by atoms with E-state index < -0.39 is 19.6 Å². The number of aryl methyl sites for hydroxylation is 2. The van der Waals surface area contributed by atoms with Crippen molar-refractivity contribution in [2.24, 2.45) is 0 Å². The Bertz CT molecular complexity index is 3510. The van der Waals surface area contributed by atoms with Crippen LogP contribution < -0.4 is 0 Å². The highest BCUT2D eigenvalue weighted by Crippen LogP contribution is 2.45. The van der Waals surface area contributed by atoms with Crippen LogP contribution in [0, 0.1) is 13.7 Å². The van der Waals surface area contributed by atoms with E-state index in [1.807, 2.05) is 109 Å². The molecule has 2 heterocycles. The summed E-state index contributed by atoms with van der Waals surface area (Å²) in [6.45, 7) is 11.5. The molecule has 0 spiro atoms. The minimum absolute atomic E-state index is 0.0284. The molecular formula is C62H61N3O. The van der Waals surface area contributed by atoms with Gasteiger partial charge in [0, 0.05) is 26.9 Å². The zero-order chi connectivity index (χ0) is 52.3. The molecule has 0 aliphatic carbocycles. The van der Waals surface area contributed by atoms with Crippen molar-refractivity contribution in [1.29, 1.82) is 0 Å². The maximum absolute atomic E-state index is 12.4. The van der Waals surface area contributed by atoms with Gasteiger partial charge in [0.2, 0.25) is 0 Å². The Hall–Kier alpha value is -7.04. The van der Waals surface area contributed by atoms with Gasteiger partial charge in [0.05, 0.1) is 28.0 Å². The number of phenolic OH excluding ortho intramolecular Hbond substituents is 1. The summed E-state index contributed by atoms with van der Waals surface area (Å²) in [5, 5.41) is 12.4. The van der Waals surface area contributed by atoms with E-state index in [-0.39, 0.29) is 34.6 Å². The van der Waals surface area contributed by atoms with Gasteiger partial charge in [-0.15, -0.1) is 0 Å². The van der Waals surface area contributed by atoms with E-state index in [4.69, 9.17) is 14.1 Å². The Labute approximate surface area is 401 Å². The van der Waals surface area contributed by atoms with Crippen LogP contribution in [0.25, 0.3) is 83.9 Å². The second kappa shape index (κ2) is 18.1. The van der Waals surface area contributed by atoms with Crippen molar-refractivity contribution in [3.05, 3.63) is 191 Å². The molecule has 66 heavy (non-hydrogen) atoms. The zero-order valence-electron chi connectivity index (χ0n) is 46.0. The number of imidazole rings is 1. The van der Waals surface area contributed by atoms with E-state index in [1.165, 1.54) is 0 Å². The number of rotatable bonds is 11. The van der Waals surface area contributed by atoms with Gasteiger partial charge in [0.25, 0.3) is 0 Å². The van der Waals surface area contributed by atoms with Gasteiger partial charge in [0.1, 0.15) is 11.6 Å². The third kappa shape index (κ3) is 8.37. The van der Waals surface area contributed by atoms with Crippen LogP contribution in [0.15, 0.2) is 158 Å². The molecule has 0 fully saturated rings. The Kier molecular flexibility index (Phi) is 9.92. The lowest BCUT2D eigenvalue weighted by atomic mass is 9.84. The van der Waals surface area contributed by atoms with E-state index >= 15 is 0 Å². The normalized spacial score (nSPS) is 13.9. The number of hydrogen-bond donors (Lipinski definition) is 1. The molecule has 0 amide bonds.